The Kier molecular flexibility index (Phi) is 2.33. The van der Waals surface area contributed by atoms with Crippen molar-refractivity contribution in [1.82, 2.24) is 9.97 Å². The molecular formula is C9H6BrClN2O. The molecule has 2 aromatic heterocycles. The molecule has 2 rings (SSSR count). The van der Waals surface area contributed by atoms with Crippen molar-refractivity contribution in [3.8, 4) is 0 Å². The lowest BCUT2D eigenvalue weighted by molar-refractivity contribution is 0.101. The van der Waals surface area contributed by atoms with Crippen LogP contribution in [0.25, 0.3) is 11.0 Å². The number of ketones is 1. The van der Waals surface area contributed by atoms with E-state index in [1.165, 1.54) is 6.92 Å². The van der Waals surface area contributed by atoms with Crippen molar-refractivity contribution < 1.29 is 4.79 Å². The molecule has 0 aliphatic rings. The lowest BCUT2D eigenvalue weighted by Gasteiger charge is -1.98. The van der Waals surface area contributed by atoms with Crippen LogP contribution in [-0.4, -0.2) is 15.8 Å². The zero-order valence-electron chi connectivity index (χ0n) is 7.27. The Morgan fingerprint density at radius 2 is 2.36 bits per heavy atom. The monoisotopic (exact) mass is 272 g/mol. The van der Waals surface area contributed by atoms with Gasteiger partial charge in [-0.2, -0.15) is 0 Å². The minimum Gasteiger partial charge on any atom is -0.345 e. The zero-order chi connectivity index (χ0) is 10.3. The summed E-state index contributed by atoms with van der Waals surface area (Å²) >= 11 is 9.32. The fourth-order valence-corrected chi connectivity index (χ4v) is 1.85. The van der Waals surface area contributed by atoms with Crippen LogP contribution < -0.4 is 0 Å². The van der Waals surface area contributed by atoms with Gasteiger partial charge in [0, 0.05) is 23.3 Å². The number of rotatable bonds is 1. The fraction of sp³-hybridized carbons (Fsp3) is 0.111. The number of aromatic amines is 1. The predicted octanol–water partition coefficient (Wildman–Crippen LogP) is 3.18. The number of pyridine rings is 1. The molecule has 0 aromatic carbocycles. The molecule has 0 bridgehead atoms. The van der Waals surface area contributed by atoms with Crippen LogP contribution in [0, 0.1) is 0 Å². The van der Waals surface area contributed by atoms with E-state index in [0.29, 0.717) is 26.1 Å². The molecule has 0 amide bonds. The first-order valence-corrected chi connectivity index (χ1v) is 5.10. The fourth-order valence-electron chi connectivity index (χ4n) is 1.31. The van der Waals surface area contributed by atoms with Crippen molar-refractivity contribution in [3.63, 3.8) is 0 Å². The van der Waals surface area contributed by atoms with E-state index >= 15 is 0 Å². The number of carbonyl (C=O) groups is 1. The van der Waals surface area contributed by atoms with E-state index in [9.17, 15) is 4.79 Å². The molecule has 2 heterocycles. The van der Waals surface area contributed by atoms with Gasteiger partial charge in [-0.3, -0.25) is 4.79 Å². The topological polar surface area (TPSA) is 45.8 Å². The normalized spacial score (nSPS) is 10.8. The number of fused-ring (bicyclic) bond motifs is 1. The Morgan fingerprint density at radius 3 is 3.00 bits per heavy atom. The second kappa shape index (κ2) is 3.37. The summed E-state index contributed by atoms with van der Waals surface area (Å²) in [5.74, 6) is -0.0296. The molecule has 72 valence electrons. The van der Waals surface area contributed by atoms with Crippen molar-refractivity contribution in [1.29, 1.82) is 0 Å². The smallest absolute Gasteiger partial charge is 0.162 e. The third kappa shape index (κ3) is 1.35. The number of hydrogen-bond donors (Lipinski definition) is 1. The highest BCUT2D eigenvalue weighted by molar-refractivity contribution is 9.10. The van der Waals surface area contributed by atoms with Crippen LogP contribution in [0.15, 0.2) is 16.9 Å². The summed E-state index contributed by atoms with van der Waals surface area (Å²) in [6.07, 6.45) is 3.23. The van der Waals surface area contributed by atoms with Crippen molar-refractivity contribution in [2.75, 3.05) is 0 Å². The molecule has 0 spiro atoms. The maximum absolute atomic E-state index is 11.3. The van der Waals surface area contributed by atoms with E-state index in [1.807, 2.05) is 0 Å². The average molecular weight is 274 g/mol. The van der Waals surface area contributed by atoms with Gasteiger partial charge in [-0.1, -0.05) is 11.6 Å². The minimum absolute atomic E-state index is 0.0296. The number of nitrogens with one attached hydrogen (secondary N) is 1. The third-order valence-corrected chi connectivity index (χ3v) is 3.20. The maximum atomic E-state index is 11.3. The molecule has 0 fully saturated rings. The van der Waals surface area contributed by atoms with Gasteiger partial charge in [-0.15, -0.1) is 0 Å². The molecule has 0 atom stereocenters. The van der Waals surface area contributed by atoms with E-state index in [1.54, 1.807) is 12.4 Å². The first-order valence-electron chi connectivity index (χ1n) is 3.93. The first kappa shape index (κ1) is 9.68. The SMILES string of the molecule is CC(=O)c1c[nH]c2ncc(Br)c(Cl)c12. The highest BCUT2D eigenvalue weighted by Crippen LogP contribution is 2.31. The van der Waals surface area contributed by atoms with Gasteiger partial charge in [0.1, 0.15) is 5.65 Å². The van der Waals surface area contributed by atoms with Crippen LogP contribution in [0.3, 0.4) is 0 Å². The maximum Gasteiger partial charge on any atom is 0.162 e. The molecule has 3 nitrogen and oxygen atoms in total. The van der Waals surface area contributed by atoms with Crippen LogP contribution in [0.5, 0.6) is 0 Å². The Labute approximate surface area is 93.6 Å². The number of aromatic nitrogens is 2. The number of H-pyrrole nitrogens is 1. The quantitative estimate of drug-likeness (QED) is 0.811. The van der Waals surface area contributed by atoms with Gasteiger partial charge in [-0.25, -0.2) is 4.98 Å². The van der Waals surface area contributed by atoms with E-state index in [-0.39, 0.29) is 5.78 Å². The Hall–Kier alpha value is -0.870. The van der Waals surface area contributed by atoms with E-state index in [0.717, 1.165) is 0 Å². The summed E-state index contributed by atoms with van der Waals surface area (Å²) in [6, 6.07) is 0. The van der Waals surface area contributed by atoms with Crippen molar-refractivity contribution >= 4 is 44.3 Å². The second-order valence-corrected chi connectivity index (χ2v) is 4.13. The highest BCUT2D eigenvalue weighted by atomic mass is 79.9. The Bertz CT molecular complexity index is 521. The second-order valence-electron chi connectivity index (χ2n) is 2.90. The zero-order valence-corrected chi connectivity index (χ0v) is 9.61. The lowest BCUT2D eigenvalue weighted by atomic mass is 10.1. The summed E-state index contributed by atoms with van der Waals surface area (Å²) in [5, 5.41) is 1.19. The predicted molar refractivity (Wildman–Crippen MR) is 58.8 cm³/mol. The van der Waals surface area contributed by atoms with Gasteiger partial charge in [0.25, 0.3) is 0 Å². The van der Waals surface area contributed by atoms with Crippen LogP contribution in [0.4, 0.5) is 0 Å². The van der Waals surface area contributed by atoms with Gasteiger partial charge in [0.05, 0.1) is 9.50 Å². The largest absolute Gasteiger partial charge is 0.345 e. The number of Topliss-reactive ketones (excluding diaryl/α,β-unsaturated/α-hetero) is 1. The highest BCUT2D eigenvalue weighted by Gasteiger charge is 2.13. The molecule has 1 N–H and O–H groups in total. The molecule has 5 heteroatoms. The standard InChI is InChI=1S/C9H6BrClN2O/c1-4(14)5-2-12-9-7(5)8(11)6(10)3-13-9/h2-3H,1H3,(H,12,13). The van der Waals surface area contributed by atoms with Gasteiger partial charge >= 0.3 is 0 Å². The van der Waals surface area contributed by atoms with Crippen molar-refractivity contribution in [2.24, 2.45) is 0 Å². The van der Waals surface area contributed by atoms with Gasteiger partial charge < -0.3 is 4.98 Å². The molecule has 14 heavy (non-hydrogen) atoms. The lowest BCUT2D eigenvalue weighted by Crippen LogP contribution is -1.90. The van der Waals surface area contributed by atoms with Gasteiger partial charge in [0.15, 0.2) is 5.78 Å². The van der Waals surface area contributed by atoms with Crippen molar-refractivity contribution in [2.45, 2.75) is 6.92 Å². The van der Waals surface area contributed by atoms with Crippen LogP contribution in [0.1, 0.15) is 17.3 Å². The Morgan fingerprint density at radius 1 is 1.64 bits per heavy atom. The van der Waals surface area contributed by atoms with Gasteiger partial charge in [-0.05, 0) is 22.9 Å². The summed E-state index contributed by atoms with van der Waals surface area (Å²) in [5.41, 5.74) is 1.20. The molecule has 0 aliphatic carbocycles. The number of nitrogens with zero attached hydrogens (tertiary/aromatic N) is 1. The summed E-state index contributed by atoms with van der Waals surface area (Å²) in [4.78, 5) is 18.3. The average Bonchev–Trinajstić information content (AvgIpc) is 2.55. The summed E-state index contributed by atoms with van der Waals surface area (Å²) in [7, 11) is 0. The Balaban J connectivity index is 2.89. The molecule has 0 saturated carbocycles. The van der Waals surface area contributed by atoms with Crippen LogP contribution >= 0.6 is 27.5 Å². The minimum atomic E-state index is -0.0296. The van der Waals surface area contributed by atoms with E-state index < -0.39 is 0 Å². The van der Waals surface area contributed by atoms with E-state index in [4.69, 9.17) is 11.6 Å². The summed E-state index contributed by atoms with van der Waals surface area (Å²) in [6.45, 7) is 1.50. The molecule has 2 aromatic rings. The van der Waals surface area contributed by atoms with Crippen LogP contribution in [0.2, 0.25) is 5.02 Å². The third-order valence-electron chi connectivity index (χ3n) is 1.97. The molecule has 0 aliphatic heterocycles. The van der Waals surface area contributed by atoms with Gasteiger partial charge in [0.2, 0.25) is 0 Å². The van der Waals surface area contributed by atoms with E-state index in [2.05, 4.69) is 25.9 Å². The summed E-state index contributed by atoms with van der Waals surface area (Å²) < 4.78 is 0.689. The first-order chi connectivity index (χ1) is 6.61. The number of halogens is 2. The van der Waals surface area contributed by atoms with Crippen LogP contribution in [-0.2, 0) is 0 Å². The molecule has 0 radical (unpaired) electrons. The number of hydrogen-bond acceptors (Lipinski definition) is 2. The molecule has 0 saturated heterocycles. The molecule has 0 unspecified atom stereocenters. The van der Waals surface area contributed by atoms with Crippen molar-refractivity contribution in [3.05, 3.63) is 27.5 Å². The molecular weight excluding hydrogens is 267 g/mol. The number of carbonyl (C=O) groups excluding carboxylic acids is 1.